The highest BCUT2D eigenvalue weighted by atomic mass is 16.1. The molecule has 1 saturated carbocycles. The Morgan fingerprint density at radius 1 is 1.00 bits per heavy atom. The van der Waals surface area contributed by atoms with Crippen molar-refractivity contribution >= 4 is 28.1 Å². The molecule has 0 bridgehead atoms. The molecule has 5 aromatic rings. The summed E-state index contributed by atoms with van der Waals surface area (Å²) >= 11 is 0. The molecule has 1 aliphatic carbocycles. The van der Waals surface area contributed by atoms with Crippen molar-refractivity contribution in [3.8, 4) is 22.6 Å². The van der Waals surface area contributed by atoms with Crippen LogP contribution in [-0.4, -0.2) is 37.3 Å². The lowest BCUT2D eigenvalue weighted by Crippen LogP contribution is -2.30. The minimum Gasteiger partial charge on any atom is -0.382 e. The van der Waals surface area contributed by atoms with Crippen LogP contribution in [0.15, 0.2) is 67.1 Å². The lowest BCUT2D eigenvalue weighted by molar-refractivity contribution is -0.125. The molecule has 0 aliphatic heterocycles. The normalized spacial score (nSPS) is 17.9. The van der Waals surface area contributed by atoms with Crippen molar-refractivity contribution < 1.29 is 4.79 Å². The minimum absolute atomic E-state index is 0.0719. The molecule has 1 aliphatic rings. The first kappa shape index (κ1) is 22.2. The second-order valence-corrected chi connectivity index (χ2v) is 9.35. The van der Waals surface area contributed by atoms with E-state index in [4.69, 9.17) is 15.7 Å². The maximum absolute atomic E-state index is 12.1. The fourth-order valence-corrected chi connectivity index (χ4v) is 5.29. The fraction of sp³-hybridized carbons (Fsp3) is 0.250. The minimum atomic E-state index is 0.0719. The highest BCUT2D eigenvalue weighted by Crippen LogP contribution is 2.39. The van der Waals surface area contributed by atoms with Crippen LogP contribution in [0.25, 0.3) is 39.1 Å². The molecule has 3 N–H and O–H groups in total. The molecule has 2 aromatic carbocycles. The van der Waals surface area contributed by atoms with Gasteiger partial charge in [0.15, 0.2) is 5.82 Å². The van der Waals surface area contributed by atoms with E-state index in [2.05, 4.69) is 19.7 Å². The summed E-state index contributed by atoms with van der Waals surface area (Å²) in [6, 6.07) is 16.1. The maximum atomic E-state index is 12.1. The molecule has 0 atom stereocenters. The van der Waals surface area contributed by atoms with Crippen LogP contribution < -0.4 is 11.1 Å². The van der Waals surface area contributed by atoms with Crippen LogP contribution in [0.5, 0.6) is 0 Å². The van der Waals surface area contributed by atoms with E-state index in [1.54, 1.807) is 13.2 Å². The zero-order valence-corrected chi connectivity index (χ0v) is 20.1. The average molecular weight is 478 g/mol. The number of amides is 1. The molecule has 1 amide bonds. The zero-order valence-electron chi connectivity index (χ0n) is 20.1. The van der Waals surface area contributed by atoms with E-state index in [9.17, 15) is 4.79 Å². The fourth-order valence-electron chi connectivity index (χ4n) is 5.29. The summed E-state index contributed by atoms with van der Waals surface area (Å²) in [5.41, 5.74) is 10.7. The molecule has 1 fully saturated rings. The van der Waals surface area contributed by atoms with Crippen molar-refractivity contribution in [3.63, 3.8) is 0 Å². The van der Waals surface area contributed by atoms with E-state index in [1.165, 1.54) is 0 Å². The number of hydrogen-bond donors (Lipinski definition) is 2. The van der Waals surface area contributed by atoms with Crippen molar-refractivity contribution in [2.45, 2.75) is 31.6 Å². The van der Waals surface area contributed by atoms with E-state index >= 15 is 0 Å². The van der Waals surface area contributed by atoms with Gasteiger partial charge in [-0.15, -0.1) is 0 Å². The largest absolute Gasteiger partial charge is 0.382 e. The van der Waals surface area contributed by atoms with Crippen molar-refractivity contribution in [2.24, 2.45) is 5.92 Å². The third-order valence-electron chi connectivity index (χ3n) is 7.21. The second-order valence-electron chi connectivity index (χ2n) is 9.35. The zero-order chi connectivity index (χ0) is 24.6. The number of nitrogens with two attached hydrogens (primary N) is 1. The molecule has 8 heteroatoms. The first-order chi connectivity index (χ1) is 17.6. The van der Waals surface area contributed by atoms with Gasteiger partial charge in [0.05, 0.1) is 5.52 Å². The smallest absolute Gasteiger partial charge is 0.222 e. The summed E-state index contributed by atoms with van der Waals surface area (Å²) in [6.45, 7) is 0. The van der Waals surface area contributed by atoms with E-state index < -0.39 is 0 Å². The van der Waals surface area contributed by atoms with Gasteiger partial charge in [-0.05, 0) is 31.7 Å². The standard InChI is InChI=1S/C28H27N7O/c1-30-28(36)19-9-7-18(8-10-19)27-34-23(24-25(29)31-13-14-35(24)27)20-11-12-21-16-32-26(33-22(21)15-20)17-5-3-2-4-6-17/h2-6,11-16,18-19H,7-10H2,1H3,(H2,29,31)(H,30,36). The summed E-state index contributed by atoms with van der Waals surface area (Å²) in [4.78, 5) is 31.0. The van der Waals surface area contributed by atoms with Crippen LogP contribution in [0.2, 0.25) is 0 Å². The van der Waals surface area contributed by atoms with Gasteiger partial charge in [-0.1, -0.05) is 42.5 Å². The van der Waals surface area contributed by atoms with Gasteiger partial charge >= 0.3 is 0 Å². The SMILES string of the molecule is CNC(=O)C1CCC(c2nc(-c3ccc4cnc(-c5ccccc5)nc4c3)c3c(N)nccn23)CC1. The van der Waals surface area contributed by atoms with Crippen LogP contribution in [0.3, 0.4) is 0 Å². The number of anilines is 1. The summed E-state index contributed by atoms with van der Waals surface area (Å²) in [7, 11) is 1.70. The molecule has 3 heterocycles. The Labute approximate surface area is 208 Å². The lowest BCUT2D eigenvalue weighted by atomic mass is 9.81. The number of carbonyl (C=O) groups is 1. The molecule has 180 valence electrons. The van der Waals surface area contributed by atoms with Gasteiger partial charge in [-0.25, -0.2) is 19.9 Å². The Kier molecular flexibility index (Phi) is 5.56. The number of fused-ring (bicyclic) bond motifs is 2. The molecule has 0 saturated heterocycles. The molecular weight excluding hydrogens is 450 g/mol. The van der Waals surface area contributed by atoms with Crippen LogP contribution in [0.4, 0.5) is 5.82 Å². The molecule has 3 aromatic heterocycles. The van der Waals surface area contributed by atoms with Crippen LogP contribution in [-0.2, 0) is 4.79 Å². The summed E-state index contributed by atoms with van der Waals surface area (Å²) in [5.74, 6) is 2.55. The first-order valence-corrected chi connectivity index (χ1v) is 12.3. The number of rotatable bonds is 4. The van der Waals surface area contributed by atoms with Crippen LogP contribution in [0, 0.1) is 5.92 Å². The van der Waals surface area contributed by atoms with Crippen molar-refractivity contribution in [1.82, 2.24) is 29.7 Å². The van der Waals surface area contributed by atoms with Crippen molar-refractivity contribution in [3.05, 3.63) is 72.9 Å². The quantitative estimate of drug-likeness (QED) is 0.391. The van der Waals surface area contributed by atoms with Gasteiger partial charge in [0, 0.05) is 54.0 Å². The Bertz CT molecular complexity index is 1570. The Balaban J connectivity index is 1.42. The monoisotopic (exact) mass is 477 g/mol. The molecule has 0 unspecified atom stereocenters. The van der Waals surface area contributed by atoms with Gasteiger partial charge in [0.2, 0.25) is 5.91 Å². The Hall–Kier alpha value is -4.33. The molecule has 0 radical (unpaired) electrons. The third-order valence-corrected chi connectivity index (χ3v) is 7.21. The number of nitrogens with zero attached hydrogens (tertiary/aromatic N) is 5. The van der Waals surface area contributed by atoms with Crippen molar-refractivity contribution in [2.75, 3.05) is 12.8 Å². The van der Waals surface area contributed by atoms with Crippen LogP contribution in [0.1, 0.15) is 37.4 Å². The second kappa shape index (κ2) is 9.03. The van der Waals surface area contributed by atoms with Gasteiger partial charge in [0.25, 0.3) is 0 Å². The third kappa shape index (κ3) is 3.84. The first-order valence-electron chi connectivity index (χ1n) is 12.3. The number of nitrogen functional groups attached to an aromatic ring is 1. The molecule has 0 spiro atoms. The highest BCUT2D eigenvalue weighted by Gasteiger charge is 2.30. The van der Waals surface area contributed by atoms with E-state index in [0.717, 1.165) is 64.7 Å². The Morgan fingerprint density at radius 3 is 2.58 bits per heavy atom. The number of imidazole rings is 1. The molecular formula is C28H27N7O. The number of carbonyl (C=O) groups excluding carboxylic acids is 1. The summed E-state index contributed by atoms with van der Waals surface area (Å²) < 4.78 is 2.07. The van der Waals surface area contributed by atoms with E-state index in [1.807, 2.05) is 60.9 Å². The summed E-state index contributed by atoms with van der Waals surface area (Å²) in [5, 5.41) is 3.75. The topological polar surface area (TPSA) is 111 Å². The highest BCUT2D eigenvalue weighted by molar-refractivity contribution is 5.90. The summed E-state index contributed by atoms with van der Waals surface area (Å²) in [6.07, 6.45) is 9.02. The maximum Gasteiger partial charge on any atom is 0.222 e. The van der Waals surface area contributed by atoms with Gasteiger partial charge in [-0.2, -0.15) is 0 Å². The number of hydrogen-bond acceptors (Lipinski definition) is 6. The number of nitrogens with one attached hydrogen (secondary N) is 1. The van der Waals surface area contributed by atoms with E-state index in [0.29, 0.717) is 11.6 Å². The average Bonchev–Trinajstić information content (AvgIpc) is 3.33. The molecule has 8 nitrogen and oxygen atoms in total. The Morgan fingerprint density at radius 2 is 1.81 bits per heavy atom. The van der Waals surface area contributed by atoms with Gasteiger partial charge in [0.1, 0.15) is 22.9 Å². The predicted octanol–water partition coefficient (Wildman–Crippen LogP) is 4.61. The van der Waals surface area contributed by atoms with Gasteiger partial charge in [-0.3, -0.25) is 9.20 Å². The molecule has 6 rings (SSSR count). The van der Waals surface area contributed by atoms with Gasteiger partial charge < -0.3 is 11.1 Å². The van der Waals surface area contributed by atoms with Crippen LogP contribution >= 0.6 is 0 Å². The molecule has 36 heavy (non-hydrogen) atoms. The number of aromatic nitrogens is 5. The predicted molar refractivity (Wildman–Crippen MR) is 140 cm³/mol. The lowest BCUT2D eigenvalue weighted by Gasteiger charge is -2.26. The van der Waals surface area contributed by atoms with Crippen molar-refractivity contribution in [1.29, 1.82) is 0 Å². The number of benzene rings is 2. The van der Waals surface area contributed by atoms with E-state index in [-0.39, 0.29) is 17.7 Å².